The second-order valence-electron chi connectivity index (χ2n) is 3.80. The molecule has 94 valence electrons. The highest BCUT2D eigenvalue weighted by atomic mass is 32.2. The van der Waals surface area contributed by atoms with Crippen LogP contribution in [0.4, 0.5) is 0 Å². The summed E-state index contributed by atoms with van der Waals surface area (Å²) in [6.45, 7) is 1.84. The van der Waals surface area contributed by atoms with Crippen LogP contribution in [0.15, 0.2) is 0 Å². The Hall–Kier alpha value is -0.700. The molecule has 1 unspecified atom stereocenters. The SMILES string of the molecule is CC1CCCCN1S(=O)(=O)NOCC(N)=O. The second kappa shape index (κ2) is 5.58. The van der Waals surface area contributed by atoms with Crippen molar-refractivity contribution >= 4 is 16.1 Å². The number of rotatable bonds is 5. The van der Waals surface area contributed by atoms with Gasteiger partial charge in [0.05, 0.1) is 0 Å². The molecule has 0 bridgehead atoms. The van der Waals surface area contributed by atoms with Gasteiger partial charge in [0.15, 0.2) is 0 Å². The van der Waals surface area contributed by atoms with Crippen molar-refractivity contribution in [2.75, 3.05) is 13.2 Å². The maximum absolute atomic E-state index is 11.7. The smallest absolute Gasteiger partial charge is 0.301 e. The zero-order valence-electron chi connectivity index (χ0n) is 9.18. The molecule has 16 heavy (non-hydrogen) atoms. The molecule has 0 aromatic rings. The van der Waals surface area contributed by atoms with Gasteiger partial charge in [0.2, 0.25) is 5.91 Å². The monoisotopic (exact) mass is 251 g/mol. The molecule has 1 heterocycles. The topological polar surface area (TPSA) is 102 Å². The standard InChI is InChI=1S/C8H17N3O4S/c1-7-4-2-3-5-11(7)16(13,14)10-15-6-8(9)12/h7,10H,2-6H2,1H3,(H2,9,12). The van der Waals surface area contributed by atoms with Gasteiger partial charge in [-0.1, -0.05) is 11.3 Å². The Morgan fingerprint density at radius 1 is 1.56 bits per heavy atom. The number of hydrogen-bond donors (Lipinski definition) is 2. The van der Waals surface area contributed by atoms with Crippen LogP contribution in [0.25, 0.3) is 0 Å². The summed E-state index contributed by atoms with van der Waals surface area (Å²) in [5.41, 5.74) is 4.82. The Labute approximate surface area is 95.1 Å². The van der Waals surface area contributed by atoms with E-state index in [0.29, 0.717) is 6.54 Å². The van der Waals surface area contributed by atoms with Gasteiger partial charge in [-0.3, -0.25) is 9.63 Å². The van der Waals surface area contributed by atoms with Gasteiger partial charge >= 0.3 is 10.2 Å². The minimum atomic E-state index is -3.67. The number of carbonyl (C=O) groups is 1. The van der Waals surface area contributed by atoms with Crippen molar-refractivity contribution in [2.24, 2.45) is 5.73 Å². The van der Waals surface area contributed by atoms with Crippen molar-refractivity contribution in [1.82, 2.24) is 9.19 Å². The van der Waals surface area contributed by atoms with Gasteiger partial charge in [0, 0.05) is 12.6 Å². The van der Waals surface area contributed by atoms with E-state index in [0.717, 1.165) is 19.3 Å². The highest BCUT2D eigenvalue weighted by molar-refractivity contribution is 7.87. The van der Waals surface area contributed by atoms with Crippen LogP contribution >= 0.6 is 0 Å². The number of primary amides is 1. The first-order chi connectivity index (χ1) is 7.43. The molecule has 1 rings (SSSR count). The first-order valence-electron chi connectivity index (χ1n) is 5.12. The summed E-state index contributed by atoms with van der Waals surface area (Å²) in [4.78, 5) is 16.8. The number of hydrogen-bond acceptors (Lipinski definition) is 4. The molecule has 0 saturated carbocycles. The van der Waals surface area contributed by atoms with E-state index in [1.807, 2.05) is 11.8 Å². The second-order valence-corrected chi connectivity index (χ2v) is 5.38. The first kappa shape index (κ1) is 13.4. The Morgan fingerprint density at radius 2 is 2.25 bits per heavy atom. The summed E-state index contributed by atoms with van der Waals surface area (Å²) in [5, 5.41) is 0. The van der Waals surface area contributed by atoms with Crippen molar-refractivity contribution in [3.63, 3.8) is 0 Å². The number of piperidine rings is 1. The molecule has 0 aromatic carbocycles. The molecule has 1 saturated heterocycles. The van der Waals surface area contributed by atoms with Crippen molar-refractivity contribution < 1.29 is 18.0 Å². The summed E-state index contributed by atoms with van der Waals surface area (Å²) in [5.74, 6) is -0.727. The third-order valence-corrected chi connectivity index (χ3v) is 3.92. The van der Waals surface area contributed by atoms with Crippen molar-refractivity contribution in [3.05, 3.63) is 0 Å². The van der Waals surface area contributed by atoms with Gasteiger partial charge in [-0.2, -0.15) is 12.7 Å². The van der Waals surface area contributed by atoms with E-state index in [1.165, 1.54) is 4.31 Å². The maximum Gasteiger partial charge on any atom is 0.301 e. The lowest BCUT2D eigenvalue weighted by Crippen LogP contribution is -2.48. The van der Waals surface area contributed by atoms with Crippen LogP contribution in [-0.4, -0.2) is 37.8 Å². The van der Waals surface area contributed by atoms with Crippen LogP contribution in [0.5, 0.6) is 0 Å². The Morgan fingerprint density at radius 3 is 2.81 bits per heavy atom. The highest BCUT2D eigenvalue weighted by Gasteiger charge is 2.29. The number of carbonyl (C=O) groups excluding carboxylic acids is 1. The average molecular weight is 251 g/mol. The summed E-state index contributed by atoms with van der Waals surface area (Å²) in [6, 6.07) is -0.0524. The fraction of sp³-hybridized carbons (Fsp3) is 0.875. The molecule has 1 aliphatic rings. The van der Waals surface area contributed by atoms with Crippen LogP contribution in [0.3, 0.4) is 0 Å². The van der Waals surface area contributed by atoms with Crippen LogP contribution in [-0.2, 0) is 19.8 Å². The van der Waals surface area contributed by atoms with Crippen LogP contribution in [0.1, 0.15) is 26.2 Å². The maximum atomic E-state index is 11.7. The minimum absolute atomic E-state index is 0.0524. The summed E-state index contributed by atoms with van der Waals surface area (Å²) in [6.07, 6.45) is 2.69. The predicted octanol–water partition coefficient (Wildman–Crippen LogP) is -0.888. The summed E-state index contributed by atoms with van der Waals surface area (Å²) >= 11 is 0. The molecule has 1 amide bonds. The van der Waals surface area contributed by atoms with E-state index in [1.54, 1.807) is 0 Å². The normalized spacial score (nSPS) is 23.2. The molecule has 1 atom stereocenters. The van der Waals surface area contributed by atoms with E-state index in [4.69, 9.17) is 5.73 Å². The number of nitrogens with two attached hydrogens (primary N) is 1. The Bertz CT molecular complexity index is 343. The zero-order chi connectivity index (χ0) is 12.2. The largest absolute Gasteiger partial charge is 0.368 e. The van der Waals surface area contributed by atoms with E-state index >= 15 is 0 Å². The Balaban J connectivity index is 2.51. The molecule has 3 N–H and O–H groups in total. The Kier molecular flexibility index (Phi) is 4.66. The molecule has 0 aliphatic carbocycles. The summed E-state index contributed by atoms with van der Waals surface area (Å²) in [7, 11) is -3.67. The van der Waals surface area contributed by atoms with Crippen LogP contribution in [0.2, 0.25) is 0 Å². The minimum Gasteiger partial charge on any atom is -0.368 e. The zero-order valence-corrected chi connectivity index (χ0v) is 10.00. The van der Waals surface area contributed by atoms with Crippen LogP contribution < -0.4 is 10.6 Å². The molecule has 0 spiro atoms. The van der Waals surface area contributed by atoms with Crippen molar-refractivity contribution in [1.29, 1.82) is 0 Å². The van der Waals surface area contributed by atoms with E-state index in [2.05, 4.69) is 4.84 Å². The first-order valence-corrected chi connectivity index (χ1v) is 6.56. The third kappa shape index (κ3) is 3.71. The number of nitrogens with one attached hydrogen (secondary N) is 1. The molecule has 0 aromatic heterocycles. The molecule has 0 radical (unpaired) electrons. The van der Waals surface area contributed by atoms with E-state index in [9.17, 15) is 13.2 Å². The number of nitrogens with zero attached hydrogens (tertiary/aromatic N) is 1. The van der Waals surface area contributed by atoms with Crippen molar-refractivity contribution in [2.45, 2.75) is 32.2 Å². The fourth-order valence-corrected chi connectivity index (χ4v) is 2.90. The van der Waals surface area contributed by atoms with Crippen LogP contribution in [0, 0.1) is 0 Å². The molecule has 8 heteroatoms. The molecular weight excluding hydrogens is 234 g/mol. The van der Waals surface area contributed by atoms with E-state index < -0.39 is 22.7 Å². The quantitative estimate of drug-likeness (QED) is 0.619. The van der Waals surface area contributed by atoms with Gasteiger partial charge < -0.3 is 5.73 Å². The van der Waals surface area contributed by atoms with Gasteiger partial charge in [-0.15, -0.1) is 0 Å². The van der Waals surface area contributed by atoms with E-state index in [-0.39, 0.29) is 6.04 Å². The lowest BCUT2D eigenvalue weighted by Gasteiger charge is -2.31. The third-order valence-electron chi connectivity index (χ3n) is 2.43. The summed E-state index contributed by atoms with van der Waals surface area (Å²) < 4.78 is 24.8. The molecule has 1 aliphatic heterocycles. The van der Waals surface area contributed by atoms with Gasteiger partial charge in [-0.25, -0.2) is 0 Å². The number of amides is 1. The highest BCUT2D eigenvalue weighted by Crippen LogP contribution is 2.18. The van der Waals surface area contributed by atoms with Gasteiger partial charge in [0.25, 0.3) is 0 Å². The lowest BCUT2D eigenvalue weighted by atomic mass is 10.1. The van der Waals surface area contributed by atoms with Gasteiger partial charge in [-0.05, 0) is 19.8 Å². The molecular formula is C8H17N3O4S. The molecule has 7 nitrogen and oxygen atoms in total. The predicted molar refractivity (Wildman–Crippen MR) is 57.2 cm³/mol. The van der Waals surface area contributed by atoms with Gasteiger partial charge in [0.1, 0.15) is 6.61 Å². The molecule has 1 fully saturated rings. The fourth-order valence-electron chi connectivity index (χ4n) is 1.65. The average Bonchev–Trinajstić information content (AvgIpc) is 2.17. The lowest BCUT2D eigenvalue weighted by molar-refractivity contribution is -0.123. The van der Waals surface area contributed by atoms with Crippen molar-refractivity contribution in [3.8, 4) is 0 Å².